The maximum absolute atomic E-state index is 11.9. The third-order valence-electron chi connectivity index (χ3n) is 4.90. The highest BCUT2D eigenvalue weighted by atomic mass is 35.5. The van der Waals surface area contributed by atoms with Gasteiger partial charge in [0.1, 0.15) is 5.52 Å². The number of oxazole rings is 1. The SMILES string of the molecule is CC[C@H](C)c1ccc2oc(-c3ccc(Cl)c(NC(=S)NC(=O)CC(C)C)c3)nc2c1. The van der Waals surface area contributed by atoms with E-state index in [1.165, 1.54) is 5.56 Å². The molecule has 0 aliphatic heterocycles. The van der Waals surface area contributed by atoms with Crippen molar-refractivity contribution in [2.75, 3.05) is 5.32 Å². The normalized spacial score (nSPS) is 12.2. The fourth-order valence-electron chi connectivity index (χ4n) is 3.07. The van der Waals surface area contributed by atoms with Crippen LogP contribution in [0.1, 0.15) is 52.0 Å². The lowest BCUT2D eigenvalue weighted by Crippen LogP contribution is -2.34. The maximum atomic E-state index is 11.9. The molecule has 0 aliphatic carbocycles. The molecule has 1 heterocycles. The van der Waals surface area contributed by atoms with E-state index in [4.69, 9.17) is 28.2 Å². The quantitative estimate of drug-likeness (QED) is 0.424. The Morgan fingerprint density at radius 3 is 2.67 bits per heavy atom. The minimum absolute atomic E-state index is 0.133. The largest absolute Gasteiger partial charge is 0.436 e. The van der Waals surface area contributed by atoms with E-state index in [0.717, 1.165) is 23.1 Å². The van der Waals surface area contributed by atoms with Crippen LogP contribution in [0.4, 0.5) is 5.69 Å². The summed E-state index contributed by atoms with van der Waals surface area (Å²) in [5, 5.41) is 6.35. The Labute approximate surface area is 187 Å². The smallest absolute Gasteiger partial charge is 0.227 e. The molecular formula is C23H26ClN3O2S. The van der Waals surface area contributed by atoms with Gasteiger partial charge in [-0.2, -0.15) is 0 Å². The van der Waals surface area contributed by atoms with Crippen molar-refractivity contribution in [3.05, 3.63) is 47.0 Å². The summed E-state index contributed by atoms with van der Waals surface area (Å²) in [4.78, 5) is 16.6. The molecule has 0 saturated heterocycles. The molecule has 158 valence electrons. The fraction of sp³-hybridized carbons (Fsp3) is 0.348. The highest BCUT2D eigenvalue weighted by Gasteiger charge is 2.14. The molecule has 0 spiro atoms. The van der Waals surface area contributed by atoms with Crippen molar-refractivity contribution in [1.82, 2.24) is 10.3 Å². The highest BCUT2D eigenvalue weighted by Crippen LogP contribution is 2.31. The number of rotatable bonds is 6. The van der Waals surface area contributed by atoms with Crippen molar-refractivity contribution >= 4 is 51.6 Å². The van der Waals surface area contributed by atoms with Crippen LogP contribution in [0.2, 0.25) is 5.02 Å². The summed E-state index contributed by atoms with van der Waals surface area (Å²) >= 11 is 11.6. The van der Waals surface area contributed by atoms with Crippen molar-refractivity contribution in [3.8, 4) is 11.5 Å². The van der Waals surface area contributed by atoms with Gasteiger partial charge in [0.15, 0.2) is 10.7 Å². The van der Waals surface area contributed by atoms with Gasteiger partial charge in [0.05, 0.1) is 10.7 Å². The van der Waals surface area contributed by atoms with E-state index >= 15 is 0 Å². The number of amides is 1. The van der Waals surface area contributed by atoms with Crippen molar-refractivity contribution in [2.45, 2.75) is 46.5 Å². The Balaban J connectivity index is 1.82. The molecule has 0 unspecified atom stereocenters. The monoisotopic (exact) mass is 443 g/mol. The van der Waals surface area contributed by atoms with Crippen molar-refractivity contribution in [2.24, 2.45) is 5.92 Å². The zero-order valence-corrected chi connectivity index (χ0v) is 19.2. The van der Waals surface area contributed by atoms with E-state index in [9.17, 15) is 4.79 Å². The summed E-state index contributed by atoms with van der Waals surface area (Å²) in [6, 6.07) is 11.5. The second kappa shape index (κ2) is 9.58. The Hall–Kier alpha value is -2.44. The van der Waals surface area contributed by atoms with E-state index in [2.05, 4.69) is 41.6 Å². The highest BCUT2D eigenvalue weighted by molar-refractivity contribution is 7.80. The number of carbonyl (C=O) groups is 1. The number of halogens is 1. The molecule has 0 bridgehead atoms. The van der Waals surface area contributed by atoms with E-state index in [-0.39, 0.29) is 16.9 Å². The van der Waals surface area contributed by atoms with E-state index in [1.807, 2.05) is 32.0 Å². The summed E-state index contributed by atoms with van der Waals surface area (Å²) in [6.07, 6.45) is 1.47. The van der Waals surface area contributed by atoms with Crippen LogP contribution in [-0.2, 0) is 4.79 Å². The molecule has 3 rings (SSSR count). The number of anilines is 1. The van der Waals surface area contributed by atoms with Gasteiger partial charge in [0, 0.05) is 12.0 Å². The van der Waals surface area contributed by atoms with Crippen LogP contribution in [0, 0.1) is 5.92 Å². The van der Waals surface area contributed by atoms with Crippen LogP contribution < -0.4 is 10.6 Å². The van der Waals surface area contributed by atoms with Crippen LogP contribution in [0.3, 0.4) is 0 Å². The molecule has 5 nitrogen and oxygen atoms in total. The maximum Gasteiger partial charge on any atom is 0.227 e. The van der Waals surface area contributed by atoms with Crippen LogP contribution in [-0.4, -0.2) is 16.0 Å². The fourth-order valence-corrected chi connectivity index (χ4v) is 3.45. The van der Waals surface area contributed by atoms with Crippen LogP contribution in [0.5, 0.6) is 0 Å². The first-order valence-electron chi connectivity index (χ1n) is 10.1. The van der Waals surface area contributed by atoms with Gasteiger partial charge in [-0.25, -0.2) is 4.98 Å². The molecule has 30 heavy (non-hydrogen) atoms. The third-order valence-corrected chi connectivity index (χ3v) is 5.43. The molecule has 0 radical (unpaired) electrons. The standard InChI is InChI=1S/C23H26ClN3O2S/c1-5-14(4)15-7-9-20-19(11-15)25-22(29-20)16-6-8-17(24)18(12-16)26-23(30)27-21(28)10-13(2)3/h6-9,11-14H,5,10H2,1-4H3,(H2,26,27,28,30)/t14-/m0/s1. The second-order valence-corrected chi connectivity index (χ2v) is 8.67. The first kappa shape index (κ1) is 22.2. The minimum Gasteiger partial charge on any atom is -0.436 e. The summed E-state index contributed by atoms with van der Waals surface area (Å²) in [6.45, 7) is 8.31. The van der Waals surface area contributed by atoms with Crippen molar-refractivity contribution in [3.63, 3.8) is 0 Å². The predicted octanol–water partition coefficient (Wildman–Crippen LogP) is 6.52. The van der Waals surface area contributed by atoms with Gasteiger partial charge in [-0.3, -0.25) is 4.79 Å². The van der Waals surface area contributed by atoms with E-state index in [0.29, 0.717) is 28.9 Å². The zero-order chi connectivity index (χ0) is 21.8. The van der Waals surface area contributed by atoms with Gasteiger partial charge in [0.25, 0.3) is 0 Å². The third kappa shape index (κ3) is 5.37. The Morgan fingerprint density at radius 2 is 1.97 bits per heavy atom. The summed E-state index contributed by atoms with van der Waals surface area (Å²) in [5.41, 5.74) is 4.14. The summed E-state index contributed by atoms with van der Waals surface area (Å²) in [7, 11) is 0. The van der Waals surface area contributed by atoms with Crippen molar-refractivity contribution in [1.29, 1.82) is 0 Å². The van der Waals surface area contributed by atoms with Gasteiger partial charge >= 0.3 is 0 Å². The number of benzene rings is 2. The van der Waals surface area contributed by atoms with Crippen LogP contribution in [0.15, 0.2) is 40.8 Å². The van der Waals surface area contributed by atoms with Gasteiger partial charge in [-0.05, 0) is 66.4 Å². The number of fused-ring (bicyclic) bond motifs is 1. The number of thiocarbonyl (C=S) groups is 1. The number of aromatic nitrogens is 1. The number of hydrogen-bond acceptors (Lipinski definition) is 4. The number of nitrogens with one attached hydrogen (secondary N) is 2. The molecule has 1 aromatic heterocycles. The molecular weight excluding hydrogens is 418 g/mol. The Bertz CT molecular complexity index is 1080. The average molecular weight is 444 g/mol. The molecule has 1 amide bonds. The lowest BCUT2D eigenvalue weighted by atomic mass is 9.98. The molecule has 0 saturated carbocycles. The van der Waals surface area contributed by atoms with E-state index < -0.39 is 0 Å². The second-order valence-electron chi connectivity index (χ2n) is 7.85. The average Bonchev–Trinajstić information content (AvgIpc) is 3.11. The van der Waals surface area contributed by atoms with Gasteiger partial charge in [-0.15, -0.1) is 0 Å². The molecule has 0 aliphatic rings. The molecule has 0 fully saturated rings. The van der Waals surface area contributed by atoms with E-state index in [1.54, 1.807) is 6.07 Å². The van der Waals surface area contributed by atoms with Crippen molar-refractivity contribution < 1.29 is 9.21 Å². The first-order chi connectivity index (χ1) is 14.3. The lowest BCUT2D eigenvalue weighted by molar-refractivity contribution is -0.120. The number of hydrogen-bond donors (Lipinski definition) is 2. The molecule has 7 heteroatoms. The summed E-state index contributed by atoms with van der Waals surface area (Å²) < 4.78 is 5.95. The molecule has 1 atom stereocenters. The topological polar surface area (TPSA) is 67.2 Å². The zero-order valence-electron chi connectivity index (χ0n) is 17.6. The first-order valence-corrected chi connectivity index (χ1v) is 10.9. The number of carbonyl (C=O) groups excluding carboxylic acids is 1. The van der Waals surface area contributed by atoms with Gasteiger partial charge < -0.3 is 15.1 Å². The Kier molecular flexibility index (Phi) is 7.10. The predicted molar refractivity (Wildman–Crippen MR) is 127 cm³/mol. The van der Waals surface area contributed by atoms with Crippen LogP contribution in [0.25, 0.3) is 22.6 Å². The number of nitrogens with zero attached hydrogens (tertiary/aromatic N) is 1. The molecule has 2 aromatic carbocycles. The minimum atomic E-state index is -0.133. The lowest BCUT2D eigenvalue weighted by Gasteiger charge is -2.12. The summed E-state index contributed by atoms with van der Waals surface area (Å²) in [5.74, 6) is 1.08. The van der Waals surface area contributed by atoms with Crippen LogP contribution >= 0.6 is 23.8 Å². The molecule has 2 N–H and O–H groups in total. The van der Waals surface area contributed by atoms with Gasteiger partial charge in [0.2, 0.25) is 11.8 Å². The Morgan fingerprint density at radius 1 is 1.20 bits per heavy atom. The van der Waals surface area contributed by atoms with Gasteiger partial charge in [-0.1, -0.05) is 45.4 Å². The molecule has 3 aromatic rings.